The van der Waals surface area contributed by atoms with Gasteiger partial charge in [-0.15, -0.1) is 0 Å². The standard InChI is InChI=1S/C24H17BO2.C24H15Br.C4H9.Li/c26-25(27)24-14-13-21(19-10-5-6-12-22(19)24)23-15-16-7-1-2-8-17(16)18-9-3-4-11-20(18)23;25-24-14-13-21(19-10-5-6-12-22(19)24)23-15-16-7-1-2-8-17(16)18-9-3-4-11-20(18)23;1-3-4-2;/h1-15,26-27H;1-15H;1,3-4H2,2H3;/q;;-1;+1. The summed E-state index contributed by atoms with van der Waals surface area (Å²) in [7, 11) is -1.49. The van der Waals surface area contributed by atoms with E-state index in [-0.39, 0.29) is 18.9 Å². The van der Waals surface area contributed by atoms with E-state index in [0.29, 0.717) is 5.46 Å². The third kappa shape index (κ3) is 7.90. The molecule has 0 aliphatic rings. The Morgan fingerprint density at radius 2 is 0.754 bits per heavy atom. The van der Waals surface area contributed by atoms with Crippen molar-refractivity contribution in [1.29, 1.82) is 0 Å². The molecule has 0 aliphatic carbocycles. The van der Waals surface area contributed by atoms with Gasteiger partial charge in [-0.1, -0.05) is 193 Å². The van der Waals surface area contributed by atoms with Crippen molar-refractivity contribution in [1.82, 2.24) is 0 Å². The minimum Gasteiger partial charge on any atom is -0.423 e. The summed E-state index contributed by atoms with van der Waals surface area (Å²) >= 11 is 3.69. The van der Waals surface area contributed by atoms with Gasteiger partial charge in [0.2, 0.25) is 0 Å². The van der Waals surface area contributed by atoms with Gasteiger partial charge in [0, 0.05) is 4.47 Å². The zero-order valence-corrected chi connectivity index (χ0v) is 33.9. The van der Waals surface area contributed by atoms with Gasteiger partial charge in [-0.05, 0) is 111 Å². The van der Waals surface area contributed by atoms with E-state index in [1.807, 2.05) is 36.4 Å². The molecule has 0 spiro atoms. The molecule has 0 atom stereocenters. The van der Waals surface area contributed by atoms with Crippen LogP contribution in [0.1, 0.15) is 19.8 Å². The third-order valence-electron chi connectivity index (χ3n) is 10.6. The van der Waals surface area contributed by atoms with Crippen molar-refractivity contribution in [3.8, 4) is 22.3 Å². The molecule has 10 rings (SSSR count). The second-order valence-corrected chi connectivity index (χ2v) is 14.9. The number of hydrogen-bond donors (Lipinski definition) is 2. The summed E-state index contributed by atoms with van der Waals surface area (Å²) < 4.78 is 1.14. The Hall–Kier alpha value is -5.18. The molecule has 0 radical (unpaired) electrons. The molecule has 0 aromatic heterocycles. The molecular formula is C52H41BBrLiO2. The monoisotopic (exact) mass is 794 g/mol. The van der Waals surface area contributed by atoms with Crippen molar-refractivity contribution in [2.45, 2.75) is 19.8 Å². The summed E-state index contributed by atoms with van der Waals surface area (Å²) in [6.07, 6.45) is 2.28. The molecule has 2 nitrogen and oxygen atoms in total. The first kappa shape index (κ1) is 40.0. The van der Waals surface area contributed by atoms with Gasteiger partial charge in [0.1, 0.15) is 0 Å². The van der Waals surface area contributed by atoms with Crippen molar-refractivity contribution in [3.63, 3.8) is 0 Å². The van der Waals surface area contributed by atoms with Crippen LogP contribution in [0.25, 0.3) is 86.9 Å². The van der Waals surface area contributed by atoms with E-state index in [1.54, 1.807) is 0 Å². The van der Waals surface area contributed by atoms with Crippen LogP contribution in [-0.4, -0.2) is 17.2 Å². The molecule has 0 aliphatic heterocycles. The minimum absolute atomic E-state index is 0. The molecule has 0 heterocycles. The van der Waals surface area contributed by atoms with Crippen LogP contribution in [0.5, 0.6) is 0 Å². The molecule has 10 aromatic carbocycles. The van der Waals surface area contributed by atoms with E-state index >= 15 is 0 Å². The first-order valence-corrected chi connectivity index (χ1v) is 19.9. The van der Waals surface area contributed by atoms with Crippen molar-refractivity contribution >= 4 is 93.1 Å². The molecule has 0 saturated heterocycles. The molecule has 0 fully saturated rings. The van der Waals surface area contributed by atoms with Crippen LogP contribution in [0.4, 0.5) is 0 Å². The summed E-state index contributed by atoms with van der Waals surface area (Å²) in [4.78, 5) is 0. The van der Waals surface area contributed by atoms with Crippen molar-refractivity contribution in [2.75, 3.05) is 0 Å². The molecule has 57 heavy (non-hydrogen) atoms. The normalized spacial score (nSPS) is 10.9. The Morgan fingerprint density at radius 3 is 1.19 bits per heavy atom. The van der Waals surface area contributed by atoms with Crippen molar-refractivity contribution in [2.24, 2.45) is 0 Å². The topological polar surface area (TPSA) is 40.5 Å². The third-order valence-corrected chi connectivity index (χ3v) is 11.3. The maximum Gasteiger partial charge on any atom is 1.00 e. The largest absolute Gasteiger partial charge is 1.00 e. The Kier molecular flexibility index (Phi) is 12.6. The van der Waals surface area contributed by atoms with Crippen molar-refractivity contribution in [3.05, 3.63) is 193 Å². The van der Waals surface area contributed by atoms with Crippen LogP contribution >= 0.6 is 15.9 Å². The quantitative estimate of drug-likeness (QED) is 0.106. The van der Waals surface area contributed by atoms with Crippen LogP contribution in [0.2, 0.25) is 0 Å². The molecule has 2 N–H and O–H groups in total. The Balaban J connectivity index is 0.000000157. The average molecular weight is 796 g/mol. The molecule has 0 unspecified atom stereocenters. The van der Waals surface area contributed by atoms with E-state index in [0.717, 1.165) is 32.8 Å². The Morgan fingerprint density at radius 1 is 0.421 bits per heavy atom. The van der Waals surface area contributed by atoms with Crippen molar-refractivity contribution < 1.29 is 28.9 Å². The van der Waals surface area contributed by atoms with Crippen LogP contribution in [0.15, 0.2) is 186 Å². The molecule has 10 aromatic rings. The number of fused-ring (bicyclic) bond motifs is 8. The zero-order chi connectivity index (χ0) is 38.6. The predicted octanol–water partition coefficient (Wildman–Crippen LogP) is 10.7. The van der Waals surface area contributed by atoms with Gasteiger partial charge in [-0.3, -0.25) is 0 Å². The molecule has 0 bridgehead atoms. The molecule has 0 saturated carbocycles. The summed E-state index contributed by atoms with van der Waals surface area (Å²) in [5.41, 5.74) is 5.34. The number of benzene rings is 10. The Labute approximate surface area is 355 Å². The number of halogens is 1. The van der Waals surface area contributed by atoms with Gasteiger partial charge in [-0.2, -0.15) is 6.42 Å². The van der Waals surface area contributed by atoms with E-state index in [2.05, 4.69) is 175 Å². The molecule has 272 valence electrons. The summed E-state index contributed by atoms with van der Waals surface area (Å²) in [6.45, 7) is 5.72. The zero-order valence-electron chi connectivity index (χ0n) is 32.3. The van der Waals surface area contributed by atoms with Crippen LogP contribution < -0.4 is 24.3 Å². The number of hydrogen-bond acceptors (Lipinski definition) is 2. The SMILES string of the molecule is Brc1ccc(-c2cc3ccccc3c3ccccc23)c2ccccc12.OB(O)c1ccc(-c2cc3ccccc3c3ccccc23)c2ccccc12.[CH2-]CCC.[Li+]. The van der Waals surface area contributed by atoms with E-state index in [1.165, 1.54) is 71.4 Å². The first-order valence-electron chi connectivity index (χ1n) is 19.1. The second-order valence-electron chi connectivity index (χ2n) is 14.0. The molecular weight excluding hydrogens is 754 g/mol. The van der Waals surface area contributed by atoms with Gasteiger partial charge < -0.3 is 17.0 Å². The number of rotatable bonds is 4. The van der Waals surface area contributed by atoms with Gasteiger partial charge >= 0.3 is 26.0 Å². The van der Waals surface area contributed by atoms with Gasteiger partial charge in [0.25, 0.3) is 0 Å². The second kappa shape index (κ2) is 18.0. The molecule has 5 heteroatoms. The van der Waals surface area contributed by atoms with Crippen LogP contribution in [0, 0.1) is 6.92 Å². The maximum absolute atomic E-state index is 9.75. The maximum atomic E-state index is 9.75. The van der Waals surface area contributed by atoms with E-state index in [9.17, 15) is 10.0 Å². The predicted molar refractivity (Wildman–Crippen MR) is 247 cm³/mol. The Bertz CT molecular complexity index is 3010. The minimum atomic E-state index is -1.49. The fourth-order valence-electron chi connectivity index (χ4n) is 7.83. The molecule has 0 amide bonds. The first-order chi connectivity index (χ1) is 27.5. The van der Waals surface area contributed by atoms with E-state index in [4.69, 9.17) is 0 Å². The number of unbranched alkanes of at least 4 members (excludes halogenated alkanes) is 1. The average Bonchev–Trinajstić information content (AvgIpc) is 3.26. The van der Waals surface area contributed by atoms with Gasteiger partial charge in [0.15, 0.2) is 0 Å². The van der Waals surface area contributed by atoms with Gasteiger partial charge in [-0.25, -0.2) is 0 Å². The fraction of sp³-hybridized carbons (Fsp3) is 0.0577. The smallest absolute Gasteiger partial charge is 0.423 e. The van der Waals surface area contributed by atoms with E-state index < -0.39 is 7.12 Å². The fourth-order valence-corrected chi connectivity index (χ4v) is 8.31. The summed E-state index contributed by atoms with van der Waals surface area (Å²) in [5.74, 6) is 0. The van der Waals surface area contributed by atoms with Crippen LogP contribution in [0.3, 0.4) is 0 Å². The van der Waals surface area contributed by atoms with Gasteiger partial charge in [0.05, 0.1) is 0 Å². The summed E-state index contributed by atoms with van der Waals surface area (Å²) in [6, 6.07) is 63.4. The summed E-state index contributed by atoms with van der Waals surface area (Å²) in [5, 5.41) is 34.0. The van der Waals surface area contributed by atoms with Crippen LogP contribution in [-0.2, 0) is 0 Å².